The Morgan fingerprint density at radius 3 is 2.80 bits per heavy atom. The number of carbonyl (C=O) groups is 1. The third kappa shape index (κ3) is 3.36. The molecule has 1 amide bonds. The maximum atomic E-state index is 11.5. The predicted molar refractivity (Wildman–Crippen MR) is 55.9 cm³/mol. The minimum absolute atomic E-state index is 0.0825. The zero-order chi connectivity index (χ0) is 11.4. The number of oxazole rings is 1. The van der Waals surface area contributed by atoms with Gasteiger partial charge in [0.05, 0.1) is 12.7 Å². The first-order valence-corrected chi connectivity index (χ1v) is 4.95. The van der Waals surface area contributed by atoms with Gasteiger partial charge in [0.2, 0.25) is 11.8 Å². The van der Waals surface area contributed by atoms with Gasteiger partial charge < -0.3 is 15.5 Å². The normalized spacial score (nSPS) is 14.7. The van der Waals surface area contributed by atoms with E-state index in [-0.39, 0.29) is 17.9 Å². The largest absolute Gasteiger partial charge is 0.444 e. The molecular weight excluding hydrogens is 194 g/mol. The monoisotopic (exact) mass is 211 g/mol. The van der Waals surface area contributed by atoms with E-state index in [0.717, 1.165) is 5.76 Å². The summed E-state index contributed by atoms with van der Waals surface area (Å²) < 4.78 is 5.22. The molecule has 84 valence electrons. The number of amides is 1. The standard InChI is InChI=1S/C10H17N3O2/c1-6-4-12-9(15-6)5-13-10(14)7(2)8(3)11/h4,7-8H,5,11H2,1-3H3,(H,13,14). The lowest BCUT2D eigenvalue weighted by Crippen LogP contribution is -2.38. The first-order chi connectivity index (χ1) is 7.00. The van der Waals surface area contributed by atoms with Gasteiger partial charge in [-0.05, 0) is 13.8 Å². The molecule has 0 aromatic carbocycles. The van der Waals surface area contributed by atoms with E-state index in [4.69, 9.17) is 10.2 Å². The van der Waals surface area contributed by atoms with E-state index in [9.17, 15) is 4.79 Å². The average Bonchev–Trinajstić information content (AvgIpc) is 2.59. The topological polar surface area (TPSA) is 81.2 Å². The Balaban J connectivity index is 2.40. The van der Waals surface area contributed by atoms with Gasteiger partial charge in [0.1, 0.15) is 5.76 Å². The summed E-state index contributed by atoms with van der Waals surface area (Å²) in [5.74, 6) is 0.958. The van der Waals surface area contributed by atoms with E-state index < -0.39 is 0 Å². The molecule has 1 aromatic heterocycles. The van der Waals surface area contributed by atoms with Crippen molar-refractivity contribution in [3.8, 4) is 0 Å². The van der Waals surface area contributed by atoms with Crippen LogP contribution in [0.25, 0.3) is 0 Å². The molecule has 5 heteroatoms. The van der Waals surface area contributed by atoms with Crippen LogP contribution in [0.4, 0.5) is 0 Å². The van der Waals surface area contributed by atoms with Crippen LogP contribution >= 0.6 is 0 Å². The second-order valence-corrected chi connectivity index (χ2v) is 3.73. The van der Waals surface area contributed by atoms with Crippen molar-refractivity contribution in [3.05, 3.63) is 17.8 Å². The molecule has 2 atom stereocenters. The van der Waals surface area contributed by atoms with Crippen molar-refractivity contribution in [2.24, 2.45) is 11.7 Å². The van der Waals surface area contributed by atoms with Gasteiger partial charge in [0, 0.05) is 12.0 Å². The highest BCUT2D eigenvalue weighted by molar-refractivity contribution is 5.78. The molecule has 0 bridgehead atoms. The van der Waals surface area contributed by atoms with Crippen molar-refractivity contribution in [2.75, 3.05) is 0 Å². The number of hydrogen-bond donors (Lipinski definition) is 2. The van der Waals surface area contributed by atoms with Crippen LogP contribution in [0.15, 0.2) is 10.6 Å². The van der Waals surface area contributed by atoms with Crippen molar-refractivity contribution < 1.29 is 9.21 Å². The second kappa shape index (κ2) is 4.93. The molecule has 3 N–H and O–H groups in total. The van der Waals surface area contributed by atoms with Crippen molar-refractivity contribution in [1.82, 2.24) is 10.3 Å². The van der Waals surface area contributed by atoms with Crippen LogP contribution in [0, 0.1) is 12.8 Å². The Morgan fingerprint density at radius 1 is 1.67 bits per heavy atom. The Bertz CT molecular complexity index is 333. The molecule has 0 fully saturated rings. The molecule has 0 spiro atoms. The Labute approximate surface area is 89.1 Å². The van der Waals surface area contributed by atoms with Crippen LogP contribution < -0.4 is 11.1 Å². The fraction of sp³-hybridized carbons (Fsp3) is 0.600. The van der Waals surface area contributed by atoms with E-state index in [0.29, 0.717) is 12.4 Å². The highest BCUT2D eigenvalue weighted by Crippen LogP contribution is 2.03. The van der Waals surface area contributed by atoms with Crippen LogP contribution in [0.2, 0.25) is 0 Å². The van der Waals surface area contributed by atoms with Crippen molar-refractivity contribution in [1.29, 1.82) is 0 Å². The molecule has 0 aliphatic carbocycles. The molecule has 15 heavy (non-hydrogen) atoms. The van der Waals surface area contributed by atoms with E-state index in [1.807, 2.05) is 6.92 Å². The molecule has 1 rings (SSSR count). The lowest BCUT2D eigenvalue weighted by Gasteiger charge is -2.14. The van der Waals surface area contributed by atoms with Crippen LogP contribution in [-0.2, 0) is 11.3 Å². The predicted octanol–water partition coefficient (Wildman–Crippen LogP) is 0.583. The summed E-state index contributed by atoms with van der Waals surface area (Å²) in [6, 6.07) is -0.156. The summed E-state index contributed by atoms with van der Waals surface area (Å²) in [6.45, 7) is 5.72. The summed E-state index contributed by atoms with van der Waals surface area (Å²) >= 11 is 0. The van der Waals surface area contributed by atoms with Crippen LogP contribution in [0.5, 0.6) is 0 Å². The van der Waals surface area contributed by atoms with Gasteiger partial charge in [-0.25, -0.2) is 4.98 Å². The van der Waals surface area contributed by atoms with Crippen molar-refractivity contribution >= 4 is 5.91 Å². The Kier molecular flexibility index (Phi) is 3.85. The number of aromatic nitrogens is 1. The maximum Gasteiger partial charge on any atom is 0.224 e. The Morgan fingerprint density at radius 2 is 2.33 bits per heavy atom. The molecule has 1 heterocycles. The van der Waals surface area contributed by atoms with Crippen LogP contribution in [0.3, 0.4) is 0 Å². The third-order valence-corrected chi connectivity index (χ3v) is 2.29. The van der Waals surface area contributed by atoms with Crippen molar-refractivity contribution in [3.63, 3.8) is 0 Å². The highest BCUT2D eigenvalue weighted by atomic mass is 16.4. The van der Waals surface area contributed by atoms with E-state index in [2.05, 4.69) is 10.3 Å². The molecule has 1 aromatic rings. The lowest BCUT2D eigenvalue weighted by molar-refractivity contribution is -0.125. The average molecular weight is 211 g/mol. The molecule has 0 radical (unpaired) electrons. The minimum atomic E-state index is -0.207. The van der Waals surface area contributed by atoms with Gasteiger partial charge in [-0.2, -0.15) is 0 Å². The number of carbonyl (C=O) groups excluding carboxylic acids is 1. The zero-order valence-corrected chi connectivity index (χ0v) is 9.28. The number of hydrogen-bond acceptors (Lipinski definition) is 4. The lowest BCUT2D eigenvalue weighted by atomic mass is 10.0. The maximum absolute atomic E-state index is 11.5. The zero-order valence-electron chi connectivity index (χ0n) is 9.28. The fourth-order valence-corrected chi connectivity index (χ4v) is 1.05. The smallest absolute Gasteiger partial charge is 0.224 e. The number of nitrogens with two attached hydrogens (primary N) is 1. The number of aryl methyl sites for hydroxylation is 1. The number of nitrogens with zero attached hydrogens (tertiary/aromatic N) is 1. The van der Waals surface area contributed by atoms with Gasteiger partial charge in [-0.15, -0.1) is 0 Å². The quantitative estimate of drug-likeness (QED) is 0.763. The van der Waals surface area contributed by atoms with Gasteiger partial charge >= 0.3 is 0 Å². The Hall–Kier alpha value is -1.36. The van der Waals surface area contributed by atoms with Crippen molar-refractivity contribution in [2.45, 2.75) is 33.4 Å². The highest BCUT2D eigenvalue weighted by Gasteiger charge is 2.16. The first kappa shape index (κ1) is 11.7. The van der Waals surface area contributed by atoms with E-state index in [1.54, 1.807) is 20.0 Å². The summed E-state index contributed by atoms with van der Waals surface area (Å²) in [5.41, 5.74) is 5.61. The minimum Gasteiger partial charge on any atom is -0.444 e. The van der Waals surface area contributed by atoms with Gasteiger partial charge in [0.15, 0.2) is 0 Å². The van der Waals surface area contributed by atoms with E-state index in [1.165, 1.54) is 0 Å². The summed E-state index contributed by atoms with van der Waals surface area (Å²) in [4.78, 5) is 15.5. The molecule has 0 saturated heterocycles. The SMILES string of the molecule is Cc1cnc(CNC(=O)C(C)C(C)N)o1. The molecule has 2 unspecified atom stereocenters. The van der Waals surface area contributed by atoms with Crippen LogP contribution in [0.1, 0.15) is 25.5 Å². The summed E-state index contributed by atoms with van der Waals surface area (Å²) in [7, 11) is 0. The third-order valence-electron chi connectivity index (χ3n) is 2.29. The summed E-state index contributed by atoms with van der Waals surface area (Å²) in [6.07, 6.45) is 1.62. The van der Waals surface area contributed by atoms with Gasteiger partial charge in [0.25, 0.3) is 0 Å². The fourth-order valence-electron chi connectivity index (χ4n) is 1.05. The first-order valence-electron chi connectivity index (χ1n) is 4.95. The van der Waals surface area contributed by atoms with E-state index >= 15 is 0 Å². The molecule has 0 aliphatic heterocycles. The second-order valence-electron chi connectivity index (χ2n) is 3.73. The molecule has 0 aliphatic rings. The summed E-state index contributed by atoms with van der Waals surface area (Å²) in [5, 5.41) is 2.72. The number of rotatable bonds is 4. The molecular formula is C10H17N3O2. The molecule has 0 saturated carbocycles. The van der Waals surface area contributed by atoms with Gasteiger partial charge in [-0.1, -0.05) is 6.92 Å². The van der Waals surface area contributed by atoms with Crippen LogP contribution in [-0.4, -0.2) is 16.9 Å². The molecule has 5 nitrogen and oxygen atoms in total. The van der Waals surface area contributed by atoms with Gasteiger partial charge in [-0.3, -0.25) is 4.79 Å². The number of nitrogens with one attached hydrogen (secondary N) is 1.